The summed E-state index contributed by atoms with van der Waals surface area (Å²) in [6, 6.07) is 16.3. The topological polar surface area (TPSA) is 114 Å². The summed E-state index contributed by atoms with van der Waals surface area (Å²) in [5.41, 5.74) is 6.35. The summed E-state index contributed by atoms with van der Waals surface area (Å²) < 4.78 is 5.02. The first-order valence-electron chi connectivity index (χ1n) is 8.80. The van der Waals surface area contributed by atoms with Crippen molar-refractivity contribution in [3.8, 4) is 0 Å². The number of carbonyl (C=O) groups excluding carboxylic acids is 2. The zero-order valence-electron chi connectivity index (χ0n) is 14.9. The van der Waals surface area contributed by atoms with Gasteiger partial charge in [0.1, 0.15) is 6.61 Å². The molecule has 0 aliphatic heterocycles. The lowest BCUT2D eigenvalue weighted by atomic mass is 10.1. The van der Waals surface area contributed by atoms with Crippen molar-refractivity contribution in [3.63, 3.8) is 0 Å². The average Bonchev–Trinajstić information content (AvgIpc) is 3.08. The maximum absolute atomic E-state index is 12.1. The maximum Gasteiger partial charge on any atom is 0.355 e. The molecule has 0 aromatic heterocycles. The van der Waals surface area contributed by atoms with Gasteiger partial charge < -0.3 is 20.5 Å². The zero-order valence-corrected chi connectivity index (χ0v) is 14.9. The number of hydrogen-bond donors (Lipinski definition) is 4. The van der Waals surface area contributed by atoms with Gasteiger partial charge in [0.25, 0.3) is 0 Å². The monoisotopic (exact) mass is 369 g/mol. The molecule has 3 rings (SSSR count). The predicted molar refractivity (Wildman–Crippen MR) is 99.4 cm³/mol. The Balaban J connectivity index is 1.46. The molecular formula is C20H23N3O4. The van der Waals surface area contributed by atoms with E-state index in [1.165, 1.54) is 5.56 Å². The van der Waals surface area contributed by atoms with E-state index in [0.29, 0.717) is 0 Å². The van der Waals surface area contributed by atoms with Gasteiger partial charge in [0.2, 0.25) is 5.72 Å². The van der Waals surface area contributed by atoms with Crippen LogP contribution in [0.1, 0.15) is 29.2 Å². The van der Waals surface area contributed by atoms with E-state index in [0.717, 1.165) is 24.0 Å². The van der Waals surface area contributed by atoms with Crippen molar-refractivity contribution in [2.24, 2.45) is 5.73 Å². The number of ether oxygens (including phenoxy) is 1. The van der Waals surface area contributed by atoms with Crippen LogP contribution >= 0.6 is 0 Å². The van der Waals surface area contributed by atoms with E-state index in [-0.39, 0.29) is 12.6 Å². The number of aryl methyl sites for hydroxylation is 1. The number of esters is 1. The van der Waals surface area contributed by atoms with Crippen molar-refractivity contribution in [1.82, 2.24) is 10.6 Å². The quantitative estimate of drug-likeness (QED) is 0.454. The fraction of sp³-hybridized carbons (Fsp3) is 0.300. The summed E-state index contributed by atoms with van der Waals surface area (Å²) in [5.74, 6) is -1.00. The Bertz CT molecular complexity index is 808. The highest BCUT2D eigenvalue weighted by Crippen LogP contribution is 2.30. The van der Waals surface area contributed by atoms with Crippen LogP contribution in [0.5, 0.6) is 0 Å². The standard InChI is InChI=1S/C20H23N3O4/c21-20(26,18(24)27-12-14-6-2-1-3-7-14)13-22-19(25)23-17-11-10-15-8-4-5-9-16(15)17/h1-9,17,26H,10-13,21H2,(H2,22,23,25)/t17-,20?/m1/s1. The first-order valence-corrected chi connectivity index (χ1v) is 8.80. The third-order valence-corrected chi connectivity index (χ3v) is 4.52. The number of nitrogens with two attached hydrogens (primary N) is 1. The Labute approximate surface area is 157 Å². The molecule has 0 saturated carbocycles. The molecule has 27 heavy (non-hydrogen) atoms. The molecule has 1 aliphatic rings. The van der Waals surface area contributed by atoms with Crippen LogP contribution in [0, 0.1) is 0 Å². The Hall–Kier alpha value is -2.90. The summed E-state index contributed by atoms with van der Waals surface area (Å²) in [7, 11) is 0. The highest BCUT2D eigenvalue weighted by atomic mass is 16.6. The van der Waals surface area contributed by atoms with E-state index in [9.17, 15) is 14.7 Å². The van der Waals surface area contributed by atoms with Crippen molar-refractivity contribution in [3.05, 3.63) is 71.3 Å². The number of urea groups is 1. The molecule has 2 aromatic carbocycles. The molecule has 0 spiro atoms. The minimum Gasteiger partial charge on any atom is -0.458 e. The molecule has 1 aliphatic carbocycles. The lowest BCUT2D eigenvalue weighted by molar-refractivity contribution is -0.165. The van der Waals surface area contributed by atoms with E-state index in [2.05, 4.69) is 10.6 Å². The van der Waals surface area contributed by atoms with Crippen LogP contribution in [-0.4, -0.2) is 29.4 Å². The third kappa shape index (κ3) is 4.84. The molecule has 2 amide bonds. The molecule has 0 fully saturated rings. The number of carbonyl (C=O) groups is 2. The van der Waals surface area contributed by atoms with Crippen LogP contribution < -0.4 is 16.4 Å². The van der Waals surface area contributed by atoms with Crippen LogP contribution in [0.2, 0.25) is 0 Å². The largest absolute Gasteiger partial charge is 0.458 e. The van der Waals surface area contributed by atoms with E-state index >= 15 is 0 Å². The molecule has 0 bridgehead atoms. The first kappa shape index (κ1) is 18.9. The van der Waals surface area contributed by atoms with E-state index in [4.69, 9.17) is 10.5 Å². The van der Waals surface area contributed by atoms with Crippen molar-refractivity contribution >= 4 is 12.0 Å². The molecule has 1 unspecified atom stereocenters. The summed E-state index contributed by atoms with van der Waals surface area (Å²) in [6.07, 6.45) is 1.70. The second kappa shape index (κ2) is 8.20. The number of benzene rings is 2. The van der Waals surface area contributed by atoms with Gasteiger partial charge in [-0.2, -0.15) is 0 Å². The second-order valence-electron chi connectivity index (χ2n) is 6.60. The van der Waals surface area contributed by atoms with Crippen molar-refractivity contribution < 1.29 is 19.4 Å². The van der Waals surface area contributed by atoms with Crippen molar-refractivity contribution in [2.45, 2.75) is 31.2 Å². The van der Waals surface area contributed by atoms with Crippen LogP contribution in [0.25, 0.3) is 0 Å². The van der Waals surface area contributed by atoms with E-state index in [1.807, 2.05) is 42.5 Å². The van der Waals surface area contributed by atoms with Gasteiger partial charge >= 0.3 is 12.0 Å². The number of nitrogens with one attached hydrogen (secondary N) is 2. The zero-order chi connectivity index (χ0) is 19.3. The van der Waals surface area contributed by atoms with Gasteiger partial charge in [-0.05, 0) is 29.5 Å². The van der Waals surface area contributed by atoms with Gasteiger partial charge in [-0.25, -0.2) is 9.59 Å². The van der Waals surface area contributed by atoms with Gasteiger partial charge in [-0.1, -0.05) is 54.6 Å². The summed E-state index contributed by atoms with van der Waals surface area (Å²) in [4.78, 5) is 24.1. The van der Waals surface area contributed by atoms with Crippen molar-refractivity contribution in [1.29, 1.82) is 0 Å². The molecule has 0 heterocycles. The van der Waals surface area contributed by atoms with E-state index < -0.39 is 24.3 Å². The summed E-state index contributed by atoms with van der Waals surface area (Å²) >= 11 is 0. The lowest BCUT2D eigenvalue weighted by Crippen LogP contribution is -2.58. The van der Waals surface area contributed by atoms with Crippen LogP contribution in [0.15, 0.2) is 54.6 Å². The lowest BCUT2D eigenvalue weighted by Gasteiger charge is -2.22. The number of amides is 2. The Morgan fingerprint density at radius 2 is 1.85 bits per heavy atom. The minimum absolute atomic E-state index is 0.00968. The minimum atomic E-state index is -2.31. The Morgan fingerprint density at radius 3 is 2.63 bits per heavy atom. The molecule has 142 valence electrons. The highest BCUT2D eigenvalue weighted by molar-refractivity contribution is 5.81. The van der Waals surface area contributed by atoms with Gasteiger partial charge in [0.05, 0.1) is 12.6 Å². The molecule has 7 nitrogen and oxygen atoms in total. The number of hydrogen-bond acceptors (Lipinski definition) is 5. The predicted octanol–water partition coefficient (Wildman–Crippen LogP) is 1.36. The first-order chi connectivity index (χ1) is 13.0. The summed E-state index contributed by atoms with van der Waals surface area (Å²) in [6.45, 7) is -0.467. The van der Waals surface area contributed by atoms with Crippen molar-refractivity contribution in [2.75, 3.05) is 6.54 Å². The molecular weight excluding hydrogens is 346 g/mol. The van der Waals surface area contributed by atoms with Gasteiger partial charge in [0, 0.05) is 0 Å². The smallest absolute Gasteiger partial charge is 0.355 e. The Morgan fingerprint density at radius 1 is 1.15 bits per heavy atom. The van der Waals surface area contributed by atoms with Gasteiger partial charge in [0.15, 0.2) is 0 Å². The van der Waals surface area contributed by atoms with E-state index in [1.54, 1.807) is 12.1 Å². The molecule has 0 saturated heterocycles. The third-order valence-electron chi connectivity index (χ3n) is 4.52. The second-order valence-corrected chi connectivity index (χ2v) is 6.60. The van der Waals surface area contributed by atoms with Gasteiger partial charge in [-0.15, -0.1) is 0 Å². The highest BCUT2D eigenvalue weighted by Gasteiger charge is 2.34. The molecule has 0 radical (unpaired) electrons. The fourth-order valence-electron chi connectivity index (χ4n) is 3.05. The number of aliphatic hydroxyl groups is 1. The molecule has 7 heteroatoms. The number of rotatable bonds is 6. The Kier molecular flexibility index (Phi) is 5.73. The van der Waals surface area contributed by atoms with Gasteiger partial charge in [-0.3, -0.25) is 5.73 Å². The van der Waals surface area contributed by atoms with Crippen LogP contribution in [-0.2, 0) is 22.6 Å². The fourth-order valence-corrected chi connectivity index (χ4v) is 3.05. The normalized spacial score (nSPS) is 17.5. The molecule has 2 aromatic rings. The molecule has 5 N–H and O–H groups in total. The number of fused-ring (bicyclic) bond motifs is 1. The summed E-state index contributed by atoms with van der Waals surface area (Å²) in [5, 5.41) is 15.4. The average molecular weight is 369 g/mol. The maximum atomic E-state index is 12.1. The van der Waals surface area contributed by atoms with Crippen LogP contribution in [0.3, 0.4) is 0 Å². The SMILES string of the molecule is NC(O)(CNC(=O)N[C@@H]1CCc2ccccc21)C(=O)OCc1ccccc1. The van der Waals surface area contributed by atoms with Crippen LogP contribution in [0.4, 0.5) is 4.79 Å². The molecule has 2 atom stereocenters.